The standard InChI is InChI=1S/C15H13ClN4S/c1-10-17-13(11-5-3-2-4-6-11)7-14(18-10)20-15-19-12(8-16)9-21-15/h2-7,9H,8H2,1H3,(H,17,18,19,20). The van der Waals surface area contributed by atoms with Gasteiger partial charge in [0.15, 0.2) is 5.13 Å². The average Bonchev–Trinajstić information content (AvgIpc) is 2.95. The van der Waals surface area contributed by atoms with E-state index in [1.54, 1.807) is 0 Å². The maximum atomic E-state index is 5.76. The summed E-state index contributed by atoms with van der Waals surface area (Å²) in [6.45, 7) is 1.88. The molecule has 0 spiro atoms. The Hall–Kier alpha value is -1.98. The van der Waals surface area contributed by atoms with Crippen LogP contribution in [0.3, 0.4) is 0 Å². The topological polar surface area (TPSA) is 50.7 Å². The first-order chi connectivity index (χ1) is 10.2. The summed E-state index contributed by atoms with van der Waals surface area (Å²) in [5.74, 6) is 1.86. The minimum atomic E-state index is 0.413. The summed E-state index contributed by atoms with van der Waals surface area (Å²) in [4.78, 5) is 13.3. The molecule has 1 aromatic carbocycles. The molecule has 3 rings (SSSR count). The van der Waals surface area contributed by atoms with E-state index < -0.39 is 0 Å². The monoisotopic (exact) mass is 316 g/mol. The van der Waals surface area contributed by atoms with Gasteiger partial charge in [0.2, 0.25) is 0 Å². The van der Waals surface area contributed by atoms with Gasteiger partial charge in [-0.05, 0) is 6.92 Å². The summed E-state index contributed by atoms with van der Waals surface area (Å²) in [7, 11) is 0. The minimum Gasteiger partial charge on any atom is -0.316 e. The van der Waals surface area contributed by atoms with Crippen molar-refractivity contribution in [2.24, 2.45) is 0 Å². The third kappa shape index (κ3) is 3.37. The molecule has 0 saturated heterocycles. The molecule has 0 aliphatic carbocycles. The Labute approximate surface area is 131 Å². The minimum absolute atomic E-state index is 0.413. The SMILES string of the molecule is Cc1nc(Nc2nc(CCl)cs2)cc(-c2ccccc2)n1. The van der Waals surface area contributed by atoms with Crippen LogP contribution in [-0.4, -0.2) is 15.0 Å². The summed E-state index contributed by atoms with van der Waals surface area (Å²) in [5, 5.41) is 5.92. The quantitative estimate of drug-likeness (QED) is 0.725. The van der Waals surface area contributed by atoms with E-state index in [1.165, 1.54) is 11.3 Å². The third-order valence-electron chi connectivity index (χ3n) is 2.83. The first kappa shape index (κ1) is 14.0. The van der Waals surface area contributed by atoms with Gasteiger partial charge in [-0.3, -0.25) is 0 Å². The van der Waals surface area contributed by atoms with Gasteiger partial charge in [0, 0.05) is 17.0 Å². The molecule has 0 radical (unpaired) electrons. The number of thiazole rings is 1. The van der Waals surface area contributed by atoms with Gasteiger partial charge in [0.1, 0.15) is 11.6 Å². The van der Waals surface area contributed by atoms with Crippen LogP contribution >= 0.6 is 22.9 Å². The molecule has 2 aromatic heterocycles. The Bertz CT molecular complexity index is 742. The predicted octanol–water partition coefficient (Wildman–Crippen LogP) is 4.39. The smallest absolute Gasteiger partial charge is 0.188 e. The molecule has 0 fully saturated rings. The van der Waals surface area contributed by atoms with Crippen LogP contribution in [0.5, 0.6) is 0 Å². The van der Waals surface area contributed by atoms with E-state index in [4.69, 9.17) is 11.6 Å². The number of aromatic nitrogens is 3. The molecular formula is C15H13ClN4S. The Kier molecular flexibility index (Phi) is 4.13. The van der Waals surface area contributed by atoms with Crippen LogP contribution in [0.25, 0.3) is 11.3 Å². The lowest BCUT2D eigenvalue weighted by molar-refractivity contribution is 1.06. The Morgan fingerprint density at radius 2 is 1.95 bits per heavy atom. The van der Waals surface area contributed by atoms with E-state index in [9.17, 15) is 0 Å². The first-order valence-electron chi connectivity index (χ1n) is 6.43. The van der Waals surface area contributed by atoms with Gasteiger partial charge >= 0.3 is 0 Å². The molecule has 1 N–H and O–H groups in total. The van der Waals surface area contributed by atoms with Gasteiger partial charge in [0.25, 0.3) is 0 Å². The van der Waals surface area contributed by atoms with Crippen LogP contribution in [0.4, 0.5) is 10.9 Å². The summed E-state index contributed by atoms with van der Waals surface area (Å²) < 4.78 is 0. The number of hydrogen-bond acceptors (Lipinski definition) is 5. The van der Waals surface area contributed by atoms with E-state index in [0.717, 1.165) is 27.9 Å². The van der Waals surface area contributed by atoms with Crippen LogP contribution in [0.15, 0.2) is 41.8 Å². The number of alkyl halides is 1. The molecule has 106 valence electrons. The molecular weight excluding hydrogens is 304 g/mol. The summed E-state index contributed by atoms with van der Waals surface area (Å²) in [5.41, 5.74) is 2.81. The lowest BCUT2D eigenvalue weighted by Gasteiger charge is -2.06. The second-order valence-electron chi connectivity index (χ2n) is 4.45. The van der Waals surface area contributed by atoms with Crippen LogP contribution < -0.4 is 5.32 Å². The lowest BCUT2D eigenvalue weighted by Crippen LogP contribution is -1.98. The highest BCUT2D eigenvalue weighted by atomic mass is 35.5. The molecule has 0 aliphatic heterocycles. The van der Waals surface area contributed by atoms with Gasteiger partial charge in [0.05, 0.1) is 17.3 Å². The number of rotatable bonds is 4. The molecule has 0 saturated carbocycles. The van der Waals surface area contributed by atoms with Gasteiger partial charge in [-0.25, -0.2) is 15.0 Å². The van der Waals surface area contributed by atoms with Crippen molar-refractivity contribution in [3.05, 3.63) is 53.3 Å². The molecule has 0 bridgehead atoms. The van der Waals surface area contributed by atoms with Gasteiger partial charge in [-0.15, -0.1) is 22.9 Å². The second-order valence-corrected chi connectivity index (χ2v) is 5.58. The van der Waals surface area contributed by atoms with Crippen molar-refractivity contribution in [3.63, 3.8) is 0 Å². The lowest BCUT2D eigenvalue weighted by atomic mass is 10.1. The van der Waals surface area contributed by atoms with Gasteiger partial charge in [-0.2, -0.15) is 0 Å². The zero-order valence-corrected chi connectivity index (χ0v) is 12.9. The number of halogens is 1. The zero-order chi connectivity index (χ0) is 14.7. The summed E-state index contributed by atoms with van der Waals surface area (Å²) in [6, 6.07) is 12.0. The zero-order valence-electron chi connectivity index (χ0n) is 11.4. The average molecular weight is 317 g/mol. The van der Waals surface area contributed by atoms with E-state index >= 15 is 0 Å². The molecule has 3 aromatic rings. The summed E-state index contributed by atoms with van der Waals surface area (Å²) in [6.07, 6.45) is 0. The van der Waals surface area contributed by atoms with Crippen molar-refractivity contribution < 1.29 is 0 Å². The van der Waals surface area contributed by atoms with Crippen molar-refractivity contribution in [1.82, 2.24) is 15.0 Å². The number of anilines is 2. The highest BCUT2D eigenvalue weighted by Crippen LogP contribution is 2.24. The number of benzene rings is 1. The van der Waals surface area contributed by atoms with Crippen LogP contribution in [0.1, 0.15) is 11.5 Å². The van der Waals surface area contributed by atoms with Crippen molar-refractivity contribution in [1.29, 1.82) is 0 Å². The molecule has 0 aliphatic rings. The van der Waals surface area contributed by atoms with Gasteiger partial charge in [-0.1, -0.05) is 30.3 Å². The molecule has 4 nitrogen and oxygen atoms in total. The van der Waals surface area contributed by atoms with Crippen LogP contribution in [0, 0.1) is 6.92 Å². The van der Waals surface area contributed by atoms with Crippen LogP contribution in [-0.2, 0) is 5.88 Å². The molecule has 21 heavy (non-hydrogen) atoms. The number of nitrogens with one attached hydrogen (secondary N) is 1. The van der Waals surface area contributed by atoms with Crippen molar-refractivity contribution in [2.45, 2.75) is 12.8 Å². The number of aryl methyl sites for hydroxylation is 1. The molecule has 2 heterocycles. The number of hydrogen-bond donors (Lipinski definition) is 1. The van der Waals surface area contributed by atoms with E-state index in [0.29, 0.717) is 11.7 Å². The maximum Gasteiger partial charge on any atom is 0.188 e. The predicted molar refractivity (Wildman–Crippen MR) is 87.2 cm³/mol. The molecule has 0 amide bonds. The maximum absolute atomic E-state index is 5.76. The highest BCUT2D eigenvalue weighted by Gasteiger charge is 2.07. The summed E-state index contributed by atoms with van der Waals surface area (Å²) >= 11 is 7.27. The highest BCUT2D eigenvalue weighted by molar-refractivity contribution is 7.13. The molecule has 0 unspecified atom stereocenters. The Balaban J connectivity index is 1.91. The van der Waals surface area contributed by atoms with Crippen molar-refractivity contribution >= 4 is 33.9 Å². The van der Waals surface area contributed by atoms with E-state index in [2.05, 4.69) is 20.3 Å². The fraction of sp³-hybridized carbons (Fsp3) is 0.133. The fourth-order valence-electron chi connectivity index (χ4n) is 1.92. The number of nitrogens with zero attached hydrogens (tertiary/aromatic N) is 3. The molecule has 6 heteroatoms. The largest absolute Gasteiger partial charge is 0.316 e. The van der Waals surface area contributed by atoms with Crippen LogP contribution in [0.2, 0.25) is 0 Å². The van der Waals surface area contributed by atoms with Crippen molar-refractivity contribution in [2.75, 3.05) is 5.32 Å². The van der Waals surface area contributed by atoms with E-state index in [-0.39, 0.29) is 0 Å². The Morgan fingerprint density at radius 3 is 2.67 bits per heavy atom. The Morgan fingerprint density at radius 1 is 1.14 bits per heavy atom. The van der Waals surface area contributed by atoms with Gasteiger partial charge < -0.3 is 5.32 Å². The van der Waals surface area contributed by atoms with Crippen molar-refractivity contribution in [3.8, 4) is 11.3 Å². The first-order valence-corrected chi connectivity index (χ1v) is 7.84. The molecule has 0 atom stereocenters. The fourth-order valence-corrected chi connectivity index (χ4v) is 2.87. The van der Waals surface area contributed by atoms with E-state index in [1.807, 2.05) is 48.7 Å². The third-order valence-corrected chi connectivity index (χ3v) is 3.91. The second kappa shape index (κ2) is 6.20. The normalized spacial score (nSPS) is 10.6.